The highest BCUT2D eigenvalue weighted by Gasteiger charge is 1.98. The van der Waals surface area contributed by atoms with Crippen LogP contribution < -0.4 is 5.32 Å². The molecule has 0 saturated carbocycles. The van der Waals surface area contributed by atoms with E-state index in [1.165, 1.54) is 16.7 Å². The van der Waals surface area contributed by atoms with Crippen molar-refractivity contribution < 1.29 is 0 Å². The fourth-order valence-electron chi connectivity index (χ4n) is 2.28. The van der Waals surface area contributed by atoms with E-state index in [1.54, 1.807) is 0 Å². The lowest BCUT2D eigenvalue weighted by molar-refractivity contribution is 0.646. The summed E-state index contributed by atoms with van der Waals surface area (Å²) in [6.07, 6.45) is 5.91. The number of nitrogens with zero attached hydrogens (tertiary/aromatic N) is 1. The van der Waals surface area contributed by atoms with Crippen LogP contribution in [0.4, 0.5) is 0 Å². The molecule has 20 heavy (non-hydrogen) atoms. The van der Waals surface area contributed by atoms with Crippen LogP contribution in [0, 0.1) is 5.92 Å². The van der Waals surface area contributed by atoms with E-state index in [0.29, 0.717) is 0 Å². The zero-order valence-corrected chi connectivity index (χ0v) is 12.5. The predicted molar refractivity (Wildman–Crippen MR) is 84.6 cm³/mol. The van der Waals surface area contributed by atoms with Crippen molar-refractivity contribution in [2.45, 2.75) is 33.2 Å². The highest BCUT2D eigenvalue weighted by atomic mass is 14.8. The quantitative estimate of drug-likeness (QED) is 0.776. The van der Waals surface area contributed by atoms with Gasteiger partial charge in [0.15, 0.2) is 0 Å². The molecule has 1 N–H and O–H groups in total. The minimum absolute atomic E-state index is 0.722. The van der Waals surface area contributed by atoms with Crippen molar-refractivity contribution in [1.82, 2.24) is 10.3 Å². The Bertz CT molecular complexity index is 489. The summed E-state index contributed by atoms with van der Waals surface area (Å²) in [6, 6.07) is 13.1. The Hall–Kier alpha value is -1.67. The first-order chi connectivity index (χ1) is 9.74. The SMILES string of the molecule is CC(C)Cc1ccc(CNCCc2ccncc2)cc1. The largest absolute Gasteiger partial charge is 0.312 e. The van der Waals surface area contributed by atoms with Gasteiger partial charge in [-0.2, -0.15) is 0 Å². The smallest absolute Gasteiger partial charge is 0.0270 e. The molecule has 0 spiro atoms. The van der Waals surface area contributed by atoms with Crippen LogP contribution >= 0.6 is 0 Å². The highest BCUT2D eigenvalue weighted by molar-refractivity contribution is 5.22. The van der Waals surface area contributed by atoms with Crippen LogP contribution in [0.5, 0.6) is 0 Å². The summed E-state index contributed by atoms with van der Waals surface area (Å²) in [5, 5.41) is 3.49. The van der Waals surface area contributed by atoms with Crippen LogP contribution in [0.25, 0.3) is 0 Å². The number of pyridine rings is 1. The second kappa shape index (κ2) is 7.81. The molecule has 1 heterocycles. The molecule has 2 heteroatoms. The molecule has 0 radical (unpaired) electrons. The summed E-state index contributed by atoms with van der Waals surface area (Å²) in [4.78, 5) is 4.03. The second-order valence-corrected chi connectivity index (χ2v) is 5.70. The van der Waals surface area contributed by atoms with Crippen LogP contribution in [0.3, 0.4) is 0 Å². The van der Waals surface area contributed by atoms with Crippen molar-refractivity contribution in [3.8, 4) is 0 Å². The van der Waals surface area contributed by atoms with E-state index in [9.17, 15) is 0 Å². The van der Waals surface area contributed by atoms with Crippen LogP contribution in [0.15, 0.2) is 48.8 Å². The zero-order chi connectivity index (χ0) is 14.2. The molecule has 0 saturated heterocycles. The maximum absolute atomic E-state index is 4.03. The molecule has 0 atom stereocenters. The Labute approximate surface area is 122 Å². The van der Waals surface area contributed by atoms with Gasteiger partial charge in [0, 0.05) is 18.9 Å². The third-order valence-electron chi connectivity index (χ3n) is 3.34. The summed E-state index contributed by atoms with van der Waals surface area (Å²) in [5.41, 5.74) is 4.12. The number of hydrogen-bond donors (Lipinski definition) is 1. The van der Waals surface area contributed by atoms with Gasteiger partial charge in [0.1, 0.15) is 0 Å². The van der Waals surface area contributed by atoms with Gasteiger partial charge < -0.3 is 5.32 Å². The summed E-state index contributed by atoms with van der Waals surface area (Å²) in [5.74, 6) is 0.722. The molecule has 0 fully saturated rings. The Morgan fingerprint density at radius 2 is 1.55 bits per heavy atom. The first-order valence-corrected chi connectivity index (χ1v) is 7.41. The lowest BCUT2D eigenvalue weighted by Crippen LogP contribution is -2.16. The lowest BCUT2D eigenvalue weighted by Gasteiger charge is -2.08. The van der Waals surface area contributed by atoms with E-state index in [1.807, 2.05) is 12.4 Å². The molecule has 0 aliphatic rings. The second-order valence-electron chi connectivity index (χ2n) is 5.70. The third-order valence-corrected chi connectivity index (χ3v) is 3.34. The lowest BCUT2D eigenvalue weighted by atomic mass is 10.0. The number of hydrogen-bond acceptors (Lipinski definition) is 2. The van der Waals surface area contributed by atoms with Gasteiger partial charge in [-0.1, -0.05) is 38.1 Å². The summed E-state index contributed by atoms with van der Waals surface area (Å²) < 4.78 is 0. The summed E-state index contributed by atoms with van der Waals surface area (Å²) in [7, 11) is 0. The molecule has 0 bridgehead atoms. The minimum Gasteiger partial charge on any atom is -0.312 e. The van der Waals surface area contributed by atoms with Crippen molar-refractivity contribution in [3.05, 3.63) is 65.5 Å². The highest BCUT2D eigenvalue weighted by Crippen LogP contribution is 2.09. The van der Waals surface area contributed by atoms with Gasteiger partial charge in [0.05, 0.1) is 0 Å². The van der Waals surface area contributed by atoms with E-state index >= 15 is 0 Å². The molecule has 2 aromatic rings. The zero-order valence-electron chi connectivity index (χ0n) is 12.5. The van der Waals surface area contributed by atoms with Gasteiger partial charge in [-0.3, -0.25) is 4.98 Å². The number of benzene rings is 1. The molecule has 0 aliphatic carbocycles. The van der Waals surface area contributed by atoms with Crippen LogP contribution in [-0.4, -0.2) is 11.5 Å². The van der Waals surface area contributed by atoms with Crippen molar-refractivity contribution >= 4 is 0 Å². The van der Waals surface area contributed by atoms with Gasteiger partial charge >= 0.3 is 0 Å². The molecule has 2 rings (SSSR count). The van der Waals surface area contributed by atoms with E-state index in [2.05, 4.69) is 60.5 Å². The normalized spacial score (nSPS) is 10.9. The molecule has 0 amide bonds. The molecular formula is C18H24N2. The van der Waals surface area contributed by atoms with Crippen molar-refractivity contribution in [2.24, 2.45) is 5.92 Å². The van der Waals surface area contributed by atoms with E-state index < -0.39 is 0 Å². The Morgan fingerprint density at radius 3 is 2.20 bits per heavy atom. The molecule has 1 aromatic heterocycles. The van der Waals surface area contributed by atoms with Crippen LogP contribution in [0.1, 0.15) is 30.5 Å². The third kappa shape index (κ3) is 5.14. The van der Waals surface area contributed by atoms with Gasteiger partial charge in [-0.15, -0.1) is 0 Å². The van der Waals surface area contributed by atoms with E-state index in [4.69, 9.17) is 0 Å². The molecule has 0 aliphatic heterocycles. The van der Waals surface area contributed by atoms with Crippen molar-refractivity contribution in [2.75, 3.05) is 6.54 Å². The van der Waals surface area contributed by atoms with Gasteiger partial charge in [0.2, 0.25) is 0 Å². The monoisotopic (exact) mass is 268 g/mol. The molecule has 1 aromatic carbocycles. The fourth-order valence-corrected chi connectivity index (χ4v) is 2.28. The average Bonchev–Trinajstić information content (AvgIpc) is 2.46. The van der Waals surface area contributed by atoms with Crippen molar-refractivity contribution in [1.29, 1.82) is 0 Å². The average molecular weight is 268 g/mol. The van der Waals surface area contributed by atoms with Crippen molar-refractivity contribution in [3.63, 3.8) is 0 Å². The molecule has 2 nitrogen and oxygen atoms in total. The van der Waals surface area contributed by atoms with Crippen LogP contribution in [0.2, 0.25) is 0 Å². The number of nitrogens with one attached hydrogen (secondary N) is 1. The summed E-state index contributed by atoms with van der Waals surface area (Å²) in [6.45, 7) is 6.45. The number of aromatic nitrogens is 1. The van der Waals surface area contributed by atoms with Crippen LogP contribution in [-0.2, 0) is 19.4 Å². The molecule has 106 valence electrons. The first kappa shape index (κ1) is 14.7. The maximum atomic E-state index is 4.03. The fraction of sp³-hybridized carbons (Fsp3) is 0.389. The van der Waals surface area contributed by atoms with E-state index in [-0.39, 0.29) is 0 Å². The van der Waals surface area contributed by atoms with Gasteiger partial charge in [-0.05, 0) is 54.1 Å². The summed E-state index contributed by atoms with van der Waals surface area (Å²) >= 11 is 0. The Kier molecular flexibility index (Phi) is 5.75. The number of rotatable bonds is 7. The Morgan fingerprint density at radius 1 is 0.900 bits per heavy atom. The Balaban J connectivity index is 1.71. The standard InChI is InChI=1S/C18H24N2/c1-15(2)13-17-3-5-18(6-4-17)14-20-12-9-16-7-10-19-11-8-16/h3-8,10-11,15,20H,9,12-14H2,1-2H3. The maximum Gasteiger partial charge on any atom is 0.0270 e. The van der Waals surface area contributed by atoms with E-state index in [0.717, 1.165) is 31.8 Å². The minimum atomic E-state index is 0.722. The van der Waals surface area contributed by atoms with Gasteiger partial charge in [0.25, 0.3) is 0 Å². The predicted octanol–water partition coefficient (Wildman–Crippen LogP) is 3.61. The molecular weight excluding hydrogens is 244 g/mol. The van der Waals surface area contributed by atoms with Gasteiger partial charge in [-0.25, -0.2) is 0 Å². The molecule has 0 unspecified atom stereocenters. The first-order valence-electron chi connectivity index (χ1n) is 7.41. The topological polar surface area (TPSA) is 24.9 Å².